The van der Waals surface area contributed by atoms with Crippen molar-refractivity contribution >= 4 is 22.7 Å². The summed E-state index contributed by atoms with van der Waals surface area (Å²) in [5.41, 5.74) is 0.589. The molecule has 23 heavy (non-hydrogen) atoms. The van der Waals surface area contributed by atoms with E-state index in [1.165, 1.54) is 47.2 Å². The molecule has 0 unspecified atom stereocenters. The van der Waals surface area contributed by atoms with Crippen LogP contribution in [0.3, 0.4) is 0 Å². The van der Waals surface area contributed by atoms with Crippen LogP contribution in [0.2, 0.25) is 0 Å². The third-order valence-corrected chi connectivity index (χ3v) is 7.11. The molecule has 2 aromatic rings. The third-order valence-electron chi connectivity index (χ3n) is 5.45. The lowest BCUT2D eigenvalue weighted by Crippen LogP contribution is -2.37. The van der Waals surface area contributed by atoms with Crippen LogP contribution in [0.15, 0.2) is 17.8 Å². The van der Waals surface area contributed by atoms with Gasteiger partial charge < -0.3 is 0 Å². The predicted octanol–water partition coefficient (Wildman–Crippen LogP) is 3.39. The molecule has 0 radical (unpaired) electrons. The lowest BCUT2D eigenvalue weighted by atomic mass is 9.92. The first-order valence-corrected chi connectivity index (χ1v) is 10.1. The summed E-state index contributed by atoms with van der Waals surface area (Å²) >= 11 is 3.61. The molecule has 0 amide bonds. The molecule has 0 bridgehead atoms. The SMILES string of the molecule is Cc1ncc(CN2CCC3(CC2)C[C@@H]3N(C)Cc2nccs2)s1. The second-order valence-corrected chi connectivity index (χ2v) is 9.34. The molecule has 4 nitrogen and oxygen atoms in total. The van der Waals surface area contributed by atoms with Gasteiger partial charge >= 0.3 is 0 Å². The van der Waals surface area contributed by atoms with E-state index in [0.717, 1.165) is 19.1 Å². The van der Waals surface area contributed by atoms with E-state index < -0.39 is 0 Å². The lowest BCUT2D eigenvalue weighted by molar-refractivity contribution is 0.140. The highest BCUT2D eigenvalue weighted by atomic mass is 32.1. The van der Waals surface area contributed by atoms with Crippen LogP contribution in [-0.2, 0) is 13.1 Å². The predicted molar refractivity (Wildman–Crippen MR) is 95.8 cm³/mol. The van der Waals surface area contributed by atoms with Crippen LogP contribution < -0.4 is 0 Å². The number of piperidine rings is 1. The van der Waals surface area contributed by atoms with Gasteiger partial charge in [0.05, 0.1) is 11.6 Å². The summed E-state index contributed by atoms with van der Waals surface area (Å²) in [5, 5.41) is 4.50. The number of aryl methyl sites for hydroxylation is 1. The van der Waals surface area contributed by atoms with Crippen LogP contribution in [0.25, 0.3) is 0 Å². The molecule has 2 aromatic heterocycles. The van der Waals surface area contributed by atoms with Gasteiger partial charge in [0.25, 0.3) is 0 Å². The summed E-state index contributed by atoms with van der Waals surface area (Å²) < 4.78 is 0. The average molecular weight is 349 g/mol. The minimum absolute atomic E-state index is 0.589. The Morgan fingerprint density at radius 1 is 1.35 bits per heavy atom. The Morgan fingerprint density at radius 3 is 2.83 bits per heavy atom. The molecule has 124 valence electrons. The fraction of sp³-hybridized carbons (Fsp3) is 0.647. The van der Waals surface area contributed by atoms with Crippen LogP contribution in [0.5, 0.6) is 0 Å². The molecule has 2 aliphatic rings. The lowest BCUT2D eigenvalue weighted by Gasteiger charge is -2.33. The van der Waals surface area contributed by atoms with Crippen molar-refractivity contribution in [2.75, 3.05) is 20.1 Å². The molecule has 2 fully saturated rings. The molecule has 1 aliphatic heterocycles. The fourth-order valence-electron chi connectivity index (χ4n) is 4.00. The van der Waals surface area contributed by atoms with Gasteiger partial charge in [0.1, 0.15) is 5.01 Å². The Balaban J connectivity index is 1.28. The molecular formula is C17H24N4S2. The molecule has 6 heteroatoms. The summed E-state index contributed by atoms with van der Waals surface area (Å²) in [5.74, 6) is 0. The quantitative estimate of drug-likeness (QED) is 0.829. The summed E-state index contributed by atoms with van der Waals surface area (Å²) in [6, 6.07) is 0.763. The highest BCUT2D eigenvalue weighted by molar-refractivity contribution is 7.11. The number of rotatable bonds is 5. The maximum absolute atomic E-state index is 4.42. The second kappa shape index (κ2) is 6.24. The molecule has 1 aliphatic carbocycles. The van der Waals surface area contributed by atoms with Crippen molar-refractivity contribution in [2.24, 2.45) is 5.41 Å². The van der Waals surface area contributed by atoms with Crippen LogP contribution in [0.1, 0.15) is 34.2 Å². The van der Waals surface area contributed by atoms with Gasteiger partial charge in [-0.25, -0.2) is 9.97 Å². The molecule has 1 atom stereocenters. The zero-order valence-electron chi connectivity index (χ0n) is 13.9. The second-order valence-electron chi connectivity index (χ2n) is 7.04. The fourth-order valence-corrected chi connectivity index (χ4v) is 5.51. The summed E-state index contributed by atoms with van der Waals surface area (Å²) in [4.78, 5) is 15.3. The van der Waals surface area contributed by atoms with Crippen molar-refractivity contribution < 1.29 is 0 Å². The number of hydrogen-bond donors (Lipinski definition) is 0. The Hall–Kier alpha value is -0.820. The van der Waals surface area contributed by atoms with Crippen molar-refractivity contribution in [1.82, 2.24) is 19.8 Å². The first-order chi connectivity index (χ1) is 11.1. The average Bonchev–Trinajstić information content (AvgIpc) is 2.88. The molecule has 1 saturated heterocycles. The van der Waals surface area contributed by atoms with Gasteiger partial charge in [-0.3, -0.25) is 9.80 Å². The number of aromatic nitrogens is 2. The molecule has 1 spiro atoms. The van der Waals surface area contributed by atoms with Crippen molar-refractivity contribution in [3.8, 4) is 0 Å². The molecule has 0 aromatic carbocycles. The van der Waals surface area contributed by atoms with Crippen LogP contribution in [-0.4, -0.2) is 45.9 Å². The van der Waals surface area contributed by atoms with E-state index >= 15 is 0 Å². The third kappa shape index (κ3) is 3.36. The number of nitrogens with zero attached hydrogens (tertiary/aromatic N) is 4. The van der Waals surface area contributed by atoms with Crippen molar-refractivity contribution in [1.29, 1.82) is 0 Å². The van der Waals surface area contributed by atoms with E-state index in [9.17, 15) is 0 Å². The Morgan fingerprint density at radius 2 is 2.17 bits per heavy atom. The van der Waals surface area contributed by atoms with Crippen molar-refractivity contribution in [3.05, 3.63) is 32.7 Å². The molecule has 0 N–H and O–H groups in total. The van der Waals surface area contributed by atoms with Crippen LogP contribution in [0.4, 0.5) is 0 Å². The molecule has 3 heterocycles. The maximum Gasteiger partial charge on any atom is 0.107 e. The standard InChI is InChI=1S/C17H24N4S2/c1-13-19-10-14(23-13)11-21-6-3-17(4-7-21)9-15(17)20(2)12-16-18-5-8-22-16/h5,8,10,15H,3-4,6-7,9,11-12H2,1-2H3/t15-/m0/s1. The highest BCUT2D eigenvalue weighted by Gasteiger charge is 2.56. The number of hydrogen-bond acceptors (Lipinski definition) is 6. The smallest absolute Gasteiger partial charge is 0.107 e. The van der Waals surface area contributed by atoms with Gasteiger partial charge in [-0.1, -0.05) is 0 Å². The summed E-state index contributed by atoms with van der Waals surface area (Å²) in [6.45, 7) is 6.65. The number of thiazole rings is 2. The zero-order valence-corrected chi connectivity index (χ0v) is 15.5. The van der Waals surface area contributed by atoms with Crippen LogP contribution >= 0.6 is 22.7 Å². The van der Waals surface area contributed by atoms with Gasteiger partial charge in [0.2, 0.25) is 0 Å². The van der Waals surface area contributed by atoms with Crippen LogP contribution in [0, 0.1) is 12.3 Å². The molecular weight excluding hydrogens is 324 g/mol. The van der Waals surface area contributed by atoms with Gasteiger partial charge in [-0.05, 0) is 51.7 Å². The first-order valence-electron chi connectivity index (χ1n) is 8.37. The Labute approximate surface area is 146 Å². The van der Waals surface area contributed by atoms with Gasteiger partial charge in [0.15, 0.2) is 0 Å². The topological polar surface area (TPSA) is 32.3 Å². The molecule has 4 rings (SSSR count). The van der Waals surface area contributed by atoms with E-state index in [0.29, 0.717) is 5.41 Å². The minimum Gasteiger partial charge on any atom is -0.298 e. The Bertz CT molecular complexity index is 643. The number of likely N-dealkylation sites (tertiary alicyclic amines) is 1. The molecule has 1 saturated carbocycles. The maximum atomic E-state index is 4.42. The largest absolute Gasteiger partial charge is 0.298 e. The van der Waals surface area contributed by atoms with Gasteiger partial charge in [-0.15, -0.1) is 22.7 Å². The van der Waals surface area contributed by atoms with E-state index in [4.69, 9.17) is 0 Å². The zero-order chi connectivity index (χ0) is 15.9. The first kappa shape index (κ1) is 15.7. The van der Waals surface area contributed by atoms with Crippen molar-refractivity contribution in [2.45, 2.75) is 45.3 Å². The Kier molecular flexibility index (Phi) is 4.26. The van der Waals surface area contributed by atoms with E-state index in [1.807, 2.05) is 23.7 Å². The van der Waals surface area contributed by atoms with E-state index in [2.05, 4.69) is 39.1 Å². The minimum atomic E-state index is 0.589. The monoisotopic (exact) mass is 348 g/mol. The summed E-state index contributed by atoms with van der Waals surface area (Å²) in [6.07, 6.45) is 8.03. The van der Waals surface area contributed by atoms with Crippen molar-refractivity contribution in [3.63, 3.8) is 0 Å². The normalized spacial score (nSPS) is 23.7. The van der Waals surface area contributed by atoms with E-state index in [1.54, 1.807) is 11.3 Å². The van der Waals surface area contributed by atoms with Gasteiger partial charge in [-0.2, -0.15) is 0 Å². The highest BCUT2D eigenvalue weighted by Crippen LogP contribution is 2.56. The summed E-state index contributed by atoms with van der Waals surface area (Å²) in [7, 11) is 2.27. The van der Waals surface area contributed by atoms with Gasteiger partial charge in [0, 0.05) is 35.2 Å². The van der Waals surface area contributed by atoms with E-state index in [-0.39, 0.29) is 0 Å².